The first-order valence-electron chi connectivity index (χ1n) is 6.11. The van der Waals surface area contributed by atoms with Crippen LogP contribution in [0.15, 0.2) is 45.8 Å². The zero-order valence-corrected chi connectivity index (χ0v) is 13.6. The van der Waals surface area contributed by atoms with Crippen LogP contribution in [0, 0.1) is 12.7 Å². The van der Waals surface area contributed by atoms with Crippen LogP contribution in [0.3, 0.4) is 0 Å². The third kappa shape index (κ3) is 3.61. The van der Waals surface area contributed by atoms with Gasteiger partial charge < -0.3 is 5.73 Å². The van der Waals surface area contributed by atoms with Gasteiger partial charge in [-0.25, -0.2) is 12.8 Å². The van der Waals surface area contributed by atoms with Gasteiger partial charge in [0.25, 0.3) is 10.0 Å². The van der Waals surface area contributed by atoms with Gasteiger partial charge >= 0.3 is 0 Å². The number of anilines is 1. The Labute approximate surface area is 131 Å². The quantitative estimate of drug-likeness (QED) is 0.865. The summed E-state index contributed by atoms with van der Waals surface area (Å²) in [5.41, 5.74) is 6.96. The minimum absolute atomic E-state index is 0.0268. The van der Waals surface area contributed by atoms with Crippen LogP contribution < -0.4 is 10.5 Å². The van der Waals surface area contributed by atoms with E-state index in [4.69, 9.17) is 5.73 Å². The van der Waals surface area contributed by atoms with Crippen molar-refractivity contribution in [1.29, 1.82) is 0 Å². The van der Waals surface area contributed by atoms with Gasteiger partial charge in [0.05, 0.1) is 4.90 Å². The zero-order valence-electron chi connectivity index (χ0n) is 11.2. The normalized spacial score (nSPS) is 11.4. The van der Waals surface area contributed by atoms with E-state index in [-0.39, 0.29) is 17.0 Å². The van der Waals surface area contributed by atoms with Gasteiger partial charge in [-0.2, -0.15) is 0 Å². The monoisotopic (exact) mass is 372 g/mol. The summed E-state index contributed by atoms with van der Waals surface area (Å²) >= 11 is 3.34. The standard InChI is InChI=1S/C14H14BrFN2O2S/c1-9-2-3-11(7-13(9)15)18-21(19,20)12-4-5-14(16)10(6-12)8-17/h2-7,18H,8,17H2,1H3. The van der Waals surface area contributed by atoms with Crippen molar-refractivity contribution in [2.45, 2.75) is 18.4 Å². The number of benzene rings is 2. The number of nitrogens with two attached hydrogens (primary N) is 1. The van der Waals surface area contributed by atoms with Gasteiger partial charge in [0.15, 0.2) is 0 Å². The van der Waals surface area contributed by atoms with Crippen molar-refractivity contribution in [3.8, 4) is 0 Å². The second kappa shape index (κ2) is 6.13. The lowest BCUT2D eigenvalue weighted by atomic mass is 10.2. The van der Waals surface area contributed by atoms with E-state index in [1.54, 1.807) is 18.2 Å². The third-order valence-electron chi connectivity index (χ3n) is 2.97. The molecule has 0 aliphatic carbocycles. The van der Waals surface area contributed by atoms with Gasteiger partial charge in [0.2, 0.25) is 0 Å². The van der Waals surface area contributed by atoms with E-state index >= 15 is 0 Å². The van der Waals surface area contributed by atoms with Crippen LogP contribution in [0.1, 0.15) is 11.1 Å². The number of sulfonamides is 1. The van der Waals surface area contributed by atoms with E-state index in [0.29, 0.717) is 5.69 Å². The largest absolute Gasteiger partial charge is 0.326 e. The molecule has 0 radical (unpaired) electrons. The molecule has 0 aromatic heterocycles. The van der Waals surface area contributed by atoms with Crippen LogP contribution in [0.2, 0.25) is 0 Å². The molecule has 2 aromatic rings. The molecule has 4 nitrogen and oxygen atoms in total. The predicted octanol–water partition coefficient (Wildman–Crippen LogP) is 3.16. The molecular formula is C14H14BrFN2O2S. The van der Waals surface area contributed by atoms with Crippen molar-refractivity contribution >= 4 is 31.6 Å². The molecule has 112 valence electrons. The molecule has 0 atom stereocenters. The van der Waals surface area contributed by atoms with E-state index in [1.165, 1.54) is 12.1 Å². The summed E-state index contributed by atoms with van der Waals surface area (Å²) in [4.78, 5) is -0.0268. The molecular weight excluding hydrogens is 359 g/mol. The van der Waals surface area contributed by atoms with Crippen molar-refractivity contribution in [2.75, 3.05) is 4.72 Å². The maximum atomic E-state index is 13.4. The van der Waals surface area contributed by atoms with Gasteiger partial charge in [0.1, 0.15) is 5.82 Å². The van der Waals surface area contributed by atoms with Gasteiger partial charge in [-0.15, -0.1) is 0 Å². The minimum atomic E-state index is -3.79. The van der Waals surface area contributed by atoms with Crippen molar-refractivity contribution < 1.29 is 12.8 Å². The molecule has 2 aromatic carbocycles. The van der Waals surface area contributed by atoms with E-state index < -0.39 is 15.8 Å². The first-order valence-corrected chi connectivity index (χ1v) is 8.38. The molecule has 0 saturated heterocycles. The molecule has 21 heavy (non-hydrogen) atoms. The fourth-order valence-corrected chi connectivity index (χ4v) is 3.22. The first-order chi connectivity index (χ1) is 9.83. The summed E-state index contributed by atoms with van der Waals surface area (Å²) in [6.07, 6.45) is 0. The highest BCUT2D eigenvalue weighted by molar-refractivity contribution is 9.10. The Morgan fingerprint density at radius 2 is 1.95 bits per heavy atom. The maximum Gasteiger partial charge on any atom is 0.261 e. The summed E-state index contributed by atoms with van der Waals surface area (Å²) in [7, 11) is -3.79. The predicted molar refractivity (Wildman–Crippen MR) is 84.0 cm³/mol. The highest BCUT2D eigenvalue weighted by Crippen LogP contribution is 2.23. The summed E-state index contributed by atoms with van der Waals surface area (Å²) in [5.74, 6) is -0.519. The number of hydrogen-bond acceptors (Lipinski definition) is 3. The molecule has 0 heterocycles. The Balaban J connectivity index is 2.35. The Bertz CT molecular complexity index is 779. The van der Waals surface area contributed by atoms with Crippen molar-refractivity contribution in [1.82, 2.24) is 0 Å². The summed E-state index contributed by atoms with van der Waals surface area (Å²) in [6, 6.07) is 8.66. The van der Waals surface area contributed by atoms with Crippen molar-refractivity contribution in [2.24, 2.45) is 5.73 Å². The lowest BCUT2D eigenvalue weighted by Gasteiger charge is -2.10. The van der Waals surface area contributed by atoms with Crippen LogP contribution in [-0.2, 0) is 16.6 Å². The Morgan fingerprint density at radius 1 is 1.24 bits per heavy atom. The maximum absolute atomic E-state index is 13.4. The van der Waals surface area contributed by atoms with Gasteiger partial charge in [0, 0.05) is 22.3 Å². The van der Waals surface area contributed by atoms with Crippen LogP contribution in [-0.4, -0.2) is 8.42 Å². The average Bonchev–Trinajstić information content (AvgIpc) is 2.43. The van der Waals surface area contributed by atoms with Crippen molar-refractivity contribution in [3.63, 3.8) is 0 Å². The number of halogens is 2. The smallest absolute Gasteiger partial charge is 0.261 e. The van der Waals surface area contributed by atoms with Gasteiger partial charge in [-0.05, 0) is 42.8 Å². The molecule has 3 N–H and O–H groups in total. The third-order valence-corrected chi connectivity index (χ3v) is 5.20. The molecule has 7 heteroatoms. The molecule has 0 amide bonds. The van der Waals surface area contributed by atoms with E-state index in [2.05, 4.69) is 20.7 Å². The molecule has 0 spiro atoms. The second-order valence-corrected chi connectivity index (χ2v) is 7.06. The van der Waals surface area contributed by atoms with E-state index in [1.807, 2.05) is 6.92 Å². The van der Waals surface area contributed by atoms with Crippen molar-refractivity contribution in [3.05, 3.63) is 57.8 Å². The Kier molecular flexibility index (Phi) is 4.65. The molecule has 0 aliphatic heterocycles. The zero-order chi connectivity index (χ0) is 15.6. The van der Waals surface area contributed by atoms with Crippen LogP contribution in [0.5, 0.6) is 0 Å². The highest BCUT2D eigenvalue weighted by Gasteiger charge is 2.16. The summed E-state index contributed by atoms with van der Waals surface area (Å²) < 4.78 is 41.2. The number of hydrogen-bond donors (Lipinski definition) is 2. The lowest BCUT2D eigenvalue weighted by Crippen LogP contribution is -2.14. The van der Waals surface area contributed by atoms with Gasteiger partial charge in [-0.1, -0.05) is 22.0 Å². The van der Waals surface area contributed by atoms with Crippen LogP contribution in [0.25, 0.3) is 0 Å². The molecule has 2 rings (SSSR count). The number of nitrogens with one attached hydrogen (secondary N) is 1. The molecule has 0 saturated carbocycles. The molecule has 0 fully saturated rings. The van der Waals surface area contributed by atoms with E-state index in [9.17, 15) is 12.8 Å². The summed E-state index contributed by atoms with van der Waals surface area (Å²) in [5, 5.41) is 0. The lowest BCUT2D eigenvalue weighted by molar-refractivity contribution is 0.596. The molecule has 0 aliphatic rings. The van der Waals surface area contributed by atoms with E-state index in [0.717, 1.165) is 16.1 Å². The van der Waals surface area contributed by atoms with Crippen LogP contribution in [0.4, 0.5) is 10.1 Å². The molecule has 0 bridgehead atoms. The highest BCUT2D eigenvalue weighted by atomic mass is 79.9. The average molecular weight is 373 g/mol. The fraction of sp³-hybridized carbons (Fsp3) is 0.143. The number of rotatable bonds is 4. The Hall–Kier alpha value is -1.44. The molecule has 0 unspecified atom stereocenters. The van der Waals surface area contributed by atoms with Crippen LogP contribution >= 0.6 is 15.9 Å². The second-order valence-electron chi connectivity index (χ2n) is 4.53. The topological polar surface area (TPSA) is 72.2 Å². The SMILES string of the molecule is Cc1ccc(NS(=O)(=O)c2ccc(F)c(CN)c2)cc1Br. The van der Waals surface area contributed by atoms with Gasteiger partial charge in [-0.3, -0.25) is 4.72 Å². The number of aryl methyl sites for hydroxylation is 1. The fourth-order valence-electron chi connectivity index (χ4n) is 1.75. The Morgan fingerprint density at radius 3 is 2.57 bits per heavy atom. The first kappa shape index (κ1) is 15.9. The minimum Gasteiger partial charge on any atom is -0.326 e. The summed E-state index contributed by atoms with van der Waals surface area (Å²) in [6.45, 7) is 1.83.